The van der Waals surface area contributed by atoms with E-state index in [1.807, 2.05) is 0 Å². The predicted octanol–water partition coefficient (Wildman–Crippen LogP) is 2.40. The van der Waals surface area contributed by atoms with Crippen LogP contribution in [0, 0.1) is 5.82 Å². The van der Waals surface area contributed by atoms with Gasteiger partial charge in [0.05, 0.1) is 18.1 Å². The normalized spacial score (nSPS) is 9.94. The van der Waals surface area contributed by atoms with E-state index in [-0.39, 0.29) is 29.2 Å². The fraction of sp³-hybridized carbons (Fsp3) is 0.273. The van der Waals surface area contributed by atoms with E-state index in [4.69, 9.17) is 11.6 Å². The molecule has 0 bridgehead atoms. The summed E-state index contributed by atoms with van der Waals surface area (Å²) >= 11 is 5.61. The minimum Gasteiger partial charge on any atom is -0.466 e. The lowest BCUT2D eigenvalue weighted by molar-refractivity contribution is -0.142. The minimum absolute atomic E-state index is 0.0279. The highest BCUT2D eigenvalue weighted by Crippen LogP contribution is 2.20. The maximum absolute atomic E-state index is 13.4. The van der Waals surface area contributed by atoms with Gasteiger partial charge >= 0.3 is 5.97 Å². The third-order valence-electron chi connectivity index (χ3n) is 1.93. The number of carbonyl (C=O) groups is 2. The smallest absolute Gasteiger partial charge is 0.310 e. The van der Waals surface area contributed by atoms with Crippen LogP contribution >= 0.6 is 11.6 Å². The summed E-state index contributed by atoms with van der Waals surface area (Å²) in [6.07, 6.45) is 0.300. The van der Waals surface area contributed by atoms with Crippen molar-refractivity contribution >= 4 is 23.9 Å². The van der Waals surface area contributed by atoms with Crippen molar-refractivity contribution in [2.75, 3.05) is 6.61 Å². The molecule has 86 valence electrons. The zero-order chi connectivity index (χ0) is 12.1. The third kappa shape index (κ3) is 3.03. The zero-order valence-electron chi connectivity index (χ0n) is 8.63. The van der Waals surface area contributed by atoms with E-state index in [2.05, 4.69) is 4.74 Å². The summed E-state index contributed by atoms with van der Waals surface area (Å²) in [4.78, 5) is 21.7. The van der Waals surface area contributed by atoms with Crippen LogP contribution in [0.1, 0.15) is 22.8 Å². The number of ether oxygens (including phenoxy) is 1. The zero-order valence-corrected chi connectivity index (χ0v) is 9.38. The van der Waals surface area contributed by atoms with Crippen LogP contribution in [0.15, 0.2) is 12.1 Å². The molecule has 1 aromatic rings. The molecule has 0 N–H and O–H groups in total. The molecule has 0 aromatic heterocycles. The summed E-state index contributed by atoms with van der Waals surface area (Å²) < 4.78 is 18.0. The van der Waals surface area contributed by atoms with Gasteiger partial charge in [-0.05, 0) is 24.6 Å². The first kappa shape index (κ1) is 12.6. The first-order chi connectivity index (χ1) is 7.58. The Morgan fingerprint density at radius 1 is 1.56 bits per heavy atom. The Balaban J connectivity index is 2.95. The summed E-state index contributed by atoms with van der Waals surface area (Å²) in [5.41, 5.74) is 0.257. The van der Waals surface area contributed by atoms with E-state index in [1.54, 1.807) is 6.92 Å². The third-order valence-corrected chi connectivity index (χ3v) is 2.26. The molecule has 0 radical (unpaired) electrons. The number of esters is 1. The van der Waals surface area contributed by atoms with Crippen LogP contribution in [-0.2, 0) is 16.0 Å². The van der Waals surface area contributed by atoms with Crippen molar-refractivity contribution in [2.45, 2.75) is 13.3 Å². The molecule has 0 heterocycles. The van der Waals surface area contributed by atoms with Crippen molar-refractivity contribution < 1.29 is 18.7 Å². The van der Waals surface area contributed by atoms with Crippen molar-refractivity contribution in [3.8, 4) is 0 Å². The Hall–Kier alpha value is -1.42. The quantitative estimate of drug-likeness (QED) is 0.603. The number of rotatable bonds is 4. The van der Waals surface area contributed by atoms with Gasteiger partial charge in [-0.2, -0.15) is 0 Å². The average molecular weight is 245 g/mol. The Morgan fingerprint density at radius 3 is 2.81 bits per heavy atom. The molecule has 0 atom stereocenters. The number of aldehydes is 1. The fourth-order valence-electron chi connectivity index (χ4n) is 1.21. The summed E-state index contributed by atoms with van der Waals surface area (Å²) in [6, 6.07) is 2.27. The van der Waals surface area contributed by atoms with Gasteiger partial charge in [-0.25, -0.2) is 4.39 Å². The van der Waals surface area contributed by atoms with Crippen LogP contribution < -0.4 is 0 Å². The van der Waals surface area contributed by atoms with Crippen LogP contribution in [0.25, 0.3) is 0 Å². The number of hydrogen-bond acceptors (Lipinski definition) is 3. The second-order valence-corrected chi connectivity index (χ2v) is 3.47. The van der Waals surface area contributed by atoms with Crippen molar-refractivity contribution in [1.29, 1.82) is 0 Å². The Labute approximate surface area is 97.2 Å². The topological polar surface area (TPSA) is 43.4 Å². The summed E-state index contributed by atoms with van der Waals surface area (Å²) in [5, 5.41) is 0.0279. The molecule has 3 nitrogen and oxygen atoms in total. The number of hydrogen-bond donors (Lipinski definition) is 0. The minimum atomic E-state index is -0.622. The second-order valence-electron chi connectivity index (χ2n) is 3.06. The van der Waals surface area contributed by atoms with Crippen LogP contribution in [0.3, 0.4) is 0 Å². The van der Waals surface area contributed by atoms with Crippen molar-refractivity contribution in [3.05, 3.63) is 34.1 Å². The van der Waals surface area contributed by atoms with Gasteiger partial charge in [0.1, 0.15) is 5.82 Å². The van der Waals surface area contributed by atoms with Crippen LogP contribution in [0.5, 0.6) is 0 Å². The molecule has 0 saturated heterocycles. The molecule has 0 amide bonds. The summed E-state index contributed by atoms with van der Waals surface area (Å²) in [5.74, 6) is -1.16. The van der Waals surface area contributed by atoms with Gasteiger partial charge in [0.25, 0.3) is 0 Å². The summed E-state index contributed by atoms with van der Waals surface area (Å²) in [7, 11) is 0. The lowest BCUT2D eigenvalue weighted by Crippen LogP contribution is -2.09. The second kappa shape index (κ2) is 5.61. The van der Waals surface area contributed by atoms with Gasteiger partial charge in [-0.1, -0.05) is 11.6 Å². The van der Waals surface area contributed by atoms with Gasteiger partial charge in [0.15, 0.2) is 6.29 Å². The molecule has 0 fully saturated rings. The molecule has 5 heteroatoms. The Bertz CT molecular complexity index is 418. The SMILES string of the molecule is CCOC(=O)Cc1cc(C=O)c(Cl)cc1F. The Morgan fingerprint density at radius 2 is 2.25 bits per heavy atom. The maximum Gasteiger partial charge on any atom is 0.310 e. The van der Waals surface area contributed by atoms with Gasteiger partial charge in [0, 0.05) is 5.56 Å². The van der Waals surface area contributed by atoms with E-state index in [0.29, 0.717) is 6.29 Å². The molecule has 0 aliphatic heterocycles. The monoisotopic (exact) mass is 244 g/mol. The van der Waals surface area contributed by atoms with Gasteiger partial charge in [0.2, 0.25) is 0 Å². The van der Waals surface area contributed by atoms with E-state index in [0.717, 1.165) is 6.07 Å². The van der Waals surface area contributed by atoms with Crippen molar-refractivity contribution in [2.24, 2.45) is 0 Å². The number of halogens is 2. The van der Waals surface area contributed by atoms with Crippen LogP contribution in [-0.4, -0.2) is 18.9 Å². The van der Waals surface area contributed by atoms with Crippen molar-refractivity contribution in [3.63, 3.8) is 0 Å². The predicted molar refractivity (Wildman–Crippen MR) is 57.1 cm³/mol. The lowest BCUT2D eigenvalue weighted by Gasteiger charge is -2.05. The molecule has 16 heavy (non-hydrogen) atoms. The highest BCUT2D eigenvalue weighted by Gasteiger charge is 2.12. The first-order valence-corrected chi connectivity index (χ1v) is 5.05. The van der Waals surface area contributed by atoms with E-state index < -0.39 is 11.8 Å². The largest absolute Gasteiger partial charge is 0.466 e. The molecule has 0 spiro atoms. The van der Waals surface area contributed by atoms with Gasteiger partial charge in [-0.15, -0.1) is 0 Å². The maximum atomic E-state index is 13.4. The fourth-order valence-corrected chi connectivity index (χ4v) is 1.40. The van der Waals surface area contributed by atoms with E-state index in [1.165, 1.54) is 6.07 Å². The highest BCUT2D eigenvalue weighted by molar-refractivity contribution is 6.33. The highest BCUT2D eigenvalue weighted by atomic mass is 35.5. The number of benzene rings is 1. The molecule has 0 saturated carbocycles. The number of carbonyl (C=O) groups excluding carboxylic acids is 2. The average Bonchev–Trinajstić information content (AvgIpc) is 2.22. The van der Waals surface area contributed by atoms with Gasteiger partial charge in [-0.3, -0.25) is 9.59 Å². The van der Waals surface area contributed by atoms with E-state index in [9.17, 15) is 14.0 Å². The Kier molecular flexibility index (Phi) is 4.43. The molecule has 0 aliphatic carbocycles. The molecular weight excluding hydrogens is 235 g/mol. The first-order valence-electron chi connectivity index (χ1n) is 4.67. The van der Waals surface area contributed by atoms with Crippen LogP contribution in [0.4, 0.5) is 4.39 Å². The molecule has 1 rings (SSSR count). The molecule has 0 aliphatic rings. The van der Waals surface area contributed by atoms with Gasteiger partial charge < -0.3 is 4.74 Å². The summed E-state index contributed by atoms with van der Waals surface area (Å²) in [6.45, 7) is 1.89. The molecule has 1 aromatic carbocycles. The lowest BCUT2D eigenvalue weighted by atomic mass is 10.1. The van der Waals surface area contributed by atoms with Crippen molar-refractivity contribution in [1.82, 2.24) is 0 Å². The standard InChI is InChI=1S/C11H10ClFO3/c1-2-16-11(15)4-7-3-8(6-14)9(12)5-10(7)13/h3,5-6H,2,4H2,1H3. The molecule has 0 unspecified atom stereocenters. The van der Waals surface area contributed by atoms with Crippen LogP contribution in [0.2, 0.25) is 5.02 Å². The van der Waals surface area contributed by atoms with E-state index >= 15 is 0 Å². The molecular formula is C11H10ClFO3.